The monoisotopic (exact) mass is 322 g/mol. The molecule has 1 nitrogen and oxygen atoms in total. The Balaban J connectivity index is 1.64. The second-order valence-electron chi connectivity index (χ2n) is 7.14. The molecule has 1 saturated carbocycles. The van der Waals surface area contributed by atoms with E-state index in [0.29, 0.717) is 12.5 Å². The molecule has 0 spiro atoms. The Hall–Kier alpha value is -1.64. The summed E-state index contributed by atoms with van der Waals surface area (Å²) in [5, 5.41) is 1.80. The van der Waals surface area contributed by atoms with Crippen molar-refractivity contribution in [3.63, 3.8) is 0 Å². The van der Waals surface area contributed by atoms with E-state index in [2.05, 4.69) is 80.3 Å². The lowest BCUT2D eigenvalue weighted by Gasteiger charge is -2.32. The standard InChI is InChI=1S/C21H26OSi/c1-4-21(23(2,3)20-13-9-6-10-14-20)15-19(21)17-22-16-18-11-7-5-8-12-18/h4-14,19H,1,15-17H2,2-3H3/t19-,21+/m0/s1. The van der Waals surface area contributed by atoms with Crippen molar-refractivity contribution in [2.24, 2.45) is 5.92 Å². The van der Waals surface area contributed by atoms with E-state index >= 15 is 0 Å². The van der Waals surface area contributed by atoms with Gasteiger partial charge in [0.05, 0.1) is 21.3 Å². The summed E-state index contributed by atoms with van der Waals surface area (Å²) >= 11 is 0. The average Bonchev–Trinajstić information content (AvgIpc) is 3.32. The molecule has 23 heavy (non-hydrogen) atoms. The van der Waals surface area contributed by atoms with Crippen LogP contribution in [0.3, 0.4) is 0 Å². The van der Waals surface area contributed by atoms with Gasteiger partial charge in [-0.25, -0.2) is 0 Å². The summed E-state index contributed by atoms with van der Waals surface area (Å²) in [6, 6.07) is 21.4. The third-order valence-electron chi connectivity index (χ3n) is 5.61. The number of benzene rings is 2. The predicted molar refractivity (Wildman–Crippen MR) is 101 cm³/mol. The fraction of sp³-hybridized carbons (Fsp3) is 0.333. The topological polar surface area (TPSA) is 9.23 Å². The molecule has 0 amide bonds. The molecule has 0 saturated heterocycles. The third-order valence-corrected chi connectivity index (χ3v) is 10.5. The molecule has 0 bridgehead atoms. The summed E-state index contributed by atoms with van der Waals surface area (Å²) in [5.74, 6) is 0.616. The van der Waals surface area contributed by atoms with Crippen LogP contribution in [0, 0.1) is 5.92 Å². The van der Waals surface area contributed by atoms with Gasteiger partial charge in [-0.2, -0.15) is 0 Å². The van der Waals surface area contributed by atoms with E-state index in [9.17, 15) is 0 Å². The van der Waals surface area contributed by atoms with E-state index in [0.717, 1.165) is 6.61 Å². The maximum Gasteiger partial charge on any atom is 0.0908 e. The van der Waals surface area contributed by atoms with Crippen molar-refractivity contribution in [3.05, 3.63) is 78.9 Å². The summed E-state index contributed by atoms with van der Waals surface area (Å²) in [5.41, 5.74) is 1.25. The van der Waals surface area contributed by atoms with Gasteiger partial charge in [-0.3, -0.25) is 0 Å². The van der Waals surface area contributed by atoms with Gasteiger partial charge in [0, 0.05) is 0 Å². The lowest BCUT2D eigenvalue weighted by molar-refractivity contribution is 0.109. The van der Waals surface area contributed by atoms with Crippen LogP contribution in [0.15, 0.2) is 73.3 Å². The van der Waals surface area contributed by atoms with E-state index in [-0.39, 0.29) is 5.04 Å². The van der Waals surface area contributed by atoms with Crippen LogP contribution in [0.1, 0.15) is 12.0 Å². The van der Waals surface area contributed by atoms with Gasteiger partial charge < -0.3 is 4.74 Å². The van der Waals surface area contributed by atoms with Crippen molar-refractivity contribution in [1.29, 1.82) is 0 Å². The Bertz CT molecular complexity index is 650. The summed E-state index contributed by atoms with van der Waals surface area (Å²) in [6.07, 6.45) is 3.45. The average molecular weight is 323 g/mol. The Morgan fingerprint density at radius 3 is 2.30 bits per heavy atom. The molecule has 0 heterocycles. The van der Waals surface area contributed by atoms with Gasteiger partial charge in [0.15, 0.2) is 0 Å². The van der Waals surface area contributed by atoms with Crippen molar-refractivity contribution < 1.29 is 4.74 Å². The Labute approximate surface area is 141 Å². The Kier molecular flexibility index (Phi) is 4.56. The number of allylic oxidation sites excluding steroid dienone is 1. The zero-order valence-corrected chi connectivity index (χ0v) is 15.2. The van der Waals surface area contributed by atoms with Crippen LogP contribution in [0.4, 0.5) is 0 Å². The zero-order valence-electron chi connectivity index (χ0n) is 14.2. The highest BCUT2D eigenvalue weighted by Crippen LogP contribution is 2.66. The first-order valence-corrected chi connectivity index (χ1v) is 11.4. The van der Waals surface area contributed by atoms with Crippen LogP contribution < -0.4 is 5.19 Å². The van der Waals surface area contributed by atoms with Gasteiger partial charge in [-0.15, -0.1) is 6.58 Å². The highest BCUT2D eigenvalue weighted by atomic mass is 28.3. The summed E-state index contributed by atoms with van der Waals surface area (Å²) in [6.45, 7) is 10.7. The van der Waals surface area contributed by atoms with Crippen LogP contribution in [0.5, 0.6) is 0 Å². The first kappa shape index (κ1) is 16.2. The van der Waals surface area contributed by atoms with Gasteiger partial charge in [-0.05, 0) is 22.9 Å². The van der Waals surface area contributed by atoms with Crippen molar-refractivity contribution >= 4 is 13.3 Å². The van der Waals surface area contributed by atoms with E-state index in [1.807, 2.05) is 6.07 Å². The molecule has 0 N–H and O–H groups in total. The molecule has 0 aromatic heterocycles. The van der Waals surface area contributed by atoms with Crippen molar-refractivity contribution in [2.75, 3.05) is 6.61 Å². The Morgan fingerprint density at radius 1 is 1.09 bits per heavy atom. The molecule has 1 fully saturated rings. The second-order valence-corrected chi connectivity index (χ2v) is 11.9. The lowest BCUT2D eigenvalue weighted by Crippen LogP contribution is -2.47. The van der Waals surface area contributed by atoms with Gasteiger partial charge in [-0.1, -0.05) is 85.0 Å². The van der Waals surface area contributed by atoms with Crippen LogP contribution in [0.25, 0.3) is 0 Å². The quantitative estimate of drug-likeness (QED) is 0.527. The largest absolute Gasteiger partial charge is 0.376 e. The molecular weight excluding hydrogens is 296 g/mol. The molecular formula is C21H26OSi. The SMILES string of the molecule is C=C[C@@]1([Si](C)(C)c2ccccc2)C[C@H]1COCc1ccccc1. The molecule has 0 unspecified atom stereocenters. The smallest absolute Gasteiger partial charge is 0.0908 e. The molecule has 2 atom stereocenters. The molecule has 120 valence electrons. The van der Waals surface area contributed by atoms with E-state index in [1.54, 1.807) is 0 Å². The van der Waals surface area contributed by atoms with E-state index < -0.39 is 8.07 Å². The molecule has 3 rings (SSSR count). The van der Waals surface area contributed by atoms with Gasteiger partial charge in [0.2, 0.25) is 0 Å². The minimum absolute atomic E-state index is 0.283. The molecule has 0 radical (unpaired) electrons. The minimum atomic E-state index is -1.59. The van der Waals surface area contributed by atoms with Crippen LogP contribution in [0.2, 0.25) is 18.1 Å². The summed E-state index contributed by atoms with van der Waals surface area (Å²) in [7, 11) is -1.59. The van der Waals surface area contributed by atoms with Gasteiger partial charge in [0.25, 0.3) is 0 Å². The predicted octanol–water partition coefficient (Wildman–Crippen LogP) is 4.77. The molecule has 0 aliphatic heterocycles. The number of rotatable bonds is 7. The molecule has 1 aliphatic rings. The Morgan fingerprint density at radius 2 is 1.70 bits per heavy atom. The van der Waals surface area contributed by atoms with Crippen LogP contribution >= 0.6 is 0 Å². The van der Waals surface area contributed by atoms with Gasteiger partial charge in [0.1, 0.15) is 0 Å². The summed E-state index contributed by atoms with van der Waals surface area (Å²) in [4.78, 5) is 0. The highest BCUT2D eigenvalue weighted by Gasteiger charge is 2.61. The maximum atomic E-state index is 6.01. The number of hydrogen-bond donors (Lipinski definition) is 0. The van der Waals surface area contributed by atoms with E-state index in [1.165, 1.54) is 17.2 Å². The fourth-order valence-corrected chi connectivity index (χ4v) is 7.78. The highest BCUT2D eigenvalue weighted by molar-refractivity contribution is 6.93. The normalized spacial score (nSPS) is 23.5. The molecule has 2 aromatic rings. The van der Waals surface area contributed by atoms with Gasteiger partial charge >= 0.3 is 0 Å². The van der Waals surface area contributed by atoms with Crippen molar-refractivity contribution in [2.45, 2.75) is 31.2 Å². The molecule has 2 heteroatoms. The zero-order chi connectivity index (χ0) is 16.3. The minimum Gasteiger partial charge on any atom is -0.376 e. The van der Waals surface area contributed by atoms with Crippen molar-refractivity contribution in [3.8, 4) is 0 Å². The number of ether oxygens (including phenoxy) is 1. The first-order chi connectivity index (χ1) is 11.1. The first-order valence-electron chi connectivity index (χ1n) is 8.41. The number of hydrogen-bond acceptors (Lipinski definition) is 1. The van der Waals surface area contributed by atoms with Crippen LogP contribution in [-0.2, 0) is 11.3 Å². The fourth-order valence-electron chi connectivity index (χ4n) is 3.84. The van der Waals surface area contributed by atoms with Crippen molar-refractivity contribution in [1.82, 2.24) is 0 Å². The molecule has 2 aromatic carbocycles. The molecule has 1 aliphatic carbocycles. The summed E-state index contributed by atoms with van der Waals surface area (Å²) < 4.78 is 6.01. The lowest BCUT2D eigenvalue weighted by atomic mass is 10.2. The second kappa shape index (κ2) is 6.46. The van der Waals surface area contributed by atoms with E-state index in [4.69, 9.17) is 4.74 Å². The third kappa shape index (κ3) is 3.06. The maximum absolute atomic E-state index is 6.01. The van der Waals surface area contributed by atoms with Crippen LogP contribution in [-0.4, -0.2) is 14.7 Å².